The number of hydrogen-bond donors (Lipinski definition) is 1. The Labute approximate surface area is 162 Å². The van der Waals surface area contributed by atoms with Crippen molar-refractivity contribution >= 4 is 34.9 Å². The van der Waals surface area contributed by atoms with Crippen LogP contribution in [-0.4, -0.2) is 41.8 Å². The molecule has 26 heavy (non-hydrogen) atoms. The first-order valence-corrected chi connectivity index (χ1v) is 10.6. The lowest BCUT2D eigenvalue weighted by Gasteiger charge is -2.31. The number of nitrogens with zero attached hydrogens (tertiary/aromatic N) is 2. The number of thioether (sulfide) groups is 1. The molecule has 1 N–H and O–H groups in total. The Bertz CT molecular complexity index is 765. The number of amides is 2. The predicted octanol–water partition coefficient (Wildman–Crippen LogP) is 3.34. The van der Waals surface area contributed by atoms with E-state index >= 15 is 0 Å². The number of aryl methyl sites for hydroxylation is 1. The third kappa shape index (κ3) is 4.65. The maximum absolute atomic E-state index is 12.7. The molecule has 1 aromatic carbocycles. The van der Waals surface area contributed by atoms with Crippen LogP contribution in [0, 0.1) is 12.8 Å². The van der Waals surface area contributed by atoms with Crippen LogP contribution in [0.5, 0.6) is 0 Å². The summed E-state index contributed by atoms with van der Waals surface area (Å²) >= 11 is 3.38. The highest BCUT2D eigenvalue weighted by Crippen LogP contribution is 2.26. The molecule has 1 saturated heterocycles. The van der Waals surface area contributed by atoms with Crippen LogP contribution in [0.15, 0.2) is 34.0 Å². The van der Waals surface area contributed by atoms with Crippen molar-refractivity contribution < 1.29 is 9.59 Å². The van der Waals surface area contributed by atoms with Gasteiger partial charge in [-0.15, -0.1) is 11.3 Å². The summed E-state index contributed by atoms with van der Waals surface area (Å²) < 4.78 is 1.07. The monoisotopic (exact) mass is 389 g/mol. The van der Waals surface area contributed by atoms with Crippen LogP contribution in [-0.2, 0) is 10.5 Å². The minimum Gasteiger partial charge on any atom is -0.359 e. The average molecular weight is 390 g/mol. The molecule has 0 unspecified atom stereocenters. The van der Waals surface area contributed by atoms with Crippen LogP contribution in [0.25, 0.3) is 0 Å². The second-order valence-corrected chi connectivity index (χ2v) is 8.50. The highest BCUT2D eigenvalue weighted by molar-refractivity contribution is 8.00. The van der Waals surface area contributed by atoms with Gasteiger partial charge in [-0.25, -0.2) is 4.98 Å². The smallest absolute Gasteiger partial charge is 0.253 e. The molecule has 7 heteroatoms. The quantitative estimate of drug-likeness (QED) is 0.797. The number of piperidine rings is 1. The molecule has 2 amide bonds. The maximum atomic E-state index is 12.7. The first-order chi connectivity index (χ1) is 12.6. The van der Waals surface area contributed by atoms with Crippen LogP contribution in [0.1, 0.15) is 34.5 Å². The van der Waals surface area contributed by atoms with E-state index in [1.165, 1.54) is 5.56 Å². The number of nitrogens with one attached hydrogen (secondary N) is 1. The largest absolute Gasteiger partial charge is 0.359 e. The molecule has 2 heterocycles. The Morgan fingerprint density at radius 3 is 2.54 bits per heavy atom. The van der Waals surface area contributed by atoms with Crippen LogP contribution in [0.4, 0.5) is 0 Å². The van der Waals surface area contributed by atoms with Gasteiger partial charge in [0.25, 0.3) is 5.91 Å². The van der Waals surface area contributed by atoms with Gasteiger partial charge in [0.2, 0.25) is 5.91 Å². The first-order valence-electron chi connectivity index (χ1n) is 8.71. The van der Waals surface area contributed by atoms with Crippen molar-refractivity contribution in [1.82, 2.24) is 15.2 Å². The lowest BCUT2D eigenvalue weighted by atomic mass is 9.95. The van der Waals surface area contributed by atoms with E-state index in [2.05, 4.69) is 15.7 Å². The predicted molar refractivity (Wildman–Crippen MR) is 106 cm³/mol. The molecule has 3 rings (SSSR count). The molecule has 1 fully saturated rings. The lowest BCUT2D eigenvalue weighted by molar-refractivity contribution is -0.125. The van der Waals surface area contributed by atoms with Gasteiger partial charge in [-0.05, 0) is 37.5 Å². The number of carbonyl (C=O) groups is 2. The number of carbonyl (C=O) groups excluding carboxylic acids is 2. The van der Waals surface area contributed by atoms with Crippen molar-refractivity contribution in [1.29, 1.82) is 0 Å². The van der Waals surface area contributed by atoms with Gasteiger partial charge in [0.05, 0.1) is 0 Å². The fraction of sp³-hybridized carbons (Fsp3) is 0.421. The Morgan fingerprint density at radius 2 is 1.96 bits per heavy atom. The molecule has 138 valence electrons. The van der Waals surface area contributed by atoms with Gasteiger partial charge in [-0.1, -0.05) is 23.9 Å². The Morgan fingerprint density at radius 1 is 1.27 bits per heavy atom. The van der Waals surface area contributed by atoms with Gasteiger partial charge in [0, 0.05) is 48.4 Å². The molecular formula is C19H23N3O2S2. The van der Waals surface area contributed by atoms with E-state index in [4.69, 9.17) is 0 Å². The molecule has 1 aliphatic rings. The van der Waals surface area contributed by atoms with Gasteiger partial charge in [-0.3, -0.25) is 9.59 Å². The fourth-order valence-electron chi connectivity index (χ4n) is 3.02. The lowest BCUT2D eigenvalue weighted by Crippen LogP contribution is -2.42. The minimum atomic E-state index is 0.0259. The Hall–Kier alpha value is -1.86. The maximum Gasteiger partial charge on any atom is 0.253 e. The third-order valence-corrected chi connectivity index (χ3v) is 6.77. The van der Waals surface area contributed by atoms with Gasteiger partial charge < -0.3 is 10.2 Å². The summed E-state index contributed by atoms with van der Waals surface area (Å²) in [5.41, 5.74) is 2.94. The second kappa shape index (κ2) is 8.68. The van der Waals surface area contributed by atoms with Crippen molar-refractivity contribution in [2.75, 3.05) is 20.1 Å². The molecule has 1 aromatic heterocycles. The van der Waals surface area contributed by atoms with Crippen molar-refractivity contribution in [3.8, 4) is 0 Å². The second-order valence-electron chi connectivity index (χ2n) is 6.42. The van der Waals surface area contributed by atoms with Gasteiger partial charge >= 0.3 is 0 Å². The van der Waals surface area contributed by atoms with Crippen molar-refractivity contribution in [2.45, 2.75) is 29.9 Å². The minimum absolute atomic E-state index is 0.0259. The third-order valence-electron chi connectivity index (χ3n) is 4.56. The number of likely N-dealkylation sites (tertiary alicyclic amines) is 1. The Balaban J connectivity index is 1.53. The summed E-state index contributed by atoms with van der Waals surface area (Å²) in [6.07, 6.45) is 1.46. The van der Waals surface area contributed by atoms with E-state index in [0.717, 1.165) is 28.6 Å². The van der Waals surface area contributed by atoms with Crippen LogP contribution < -0.4 is 5.32 Å². The molecule has 0 aliphatic carbocycles. The van der Waals surface area contributed by atoms with E-state index in [1.54, 1.807) is 30.1 Å². The summed E-state index contributed by atoms with van der Waals surface area (Å²) in [6, 6.07) is 7.82. The van der Waals surface area contributed by atoms with E-state index in [0.29, 0.717) is 18.7 Å². The number of thiazole rings is 1. The SMILES string of the molecule is CNC(=O)C1CCN(C(=O)c2ccc(CSc3nc(C)cs3)cc2)CC1. The zero-order chi connectivity index (χ0) is 18.5. The molecule has 0 atom stereocenters. The van der Waals surface area contributed by atoms with Crippen molar-refractivity contribution in [2.24, 2.45) is 5.92 Å². The summed E-state index contributed by atoms with van der Waals surface area (Å²) in [6.45, 7) is 3.27. The number of rotatable bonds is 5. The number of hydrogen-bond acceptors (Lipinski definition) is 5. The summed E-state index contributed by atoms with van der Waals surface area (Å²) in [7, 11) is 1.66. The highest BCUT2D eigenvalue weighted by atomic mass is 32.2. The van der Waals surface area contributed by atoms with E-state index in [9.17, 15) is 9.59 Å². The van der Waals surface area contributed by atoms with Crippen molar-refractivity contribution in [3.05, 3.63) is 46.5 Å². The molecule has 0 bridgehead atoms. The molecule has 0 spiro atoms. The molecule has 0 radical (unpaired) electrons. The summed E-state index contributed by atoms with van der Waals surface area (Å²) in [5.74, 6) is 1.00. The first kappa shape index (κ1) is 18.9. The zero-order valence-electron chi connectivity index (χ0n) is 15.0. The average Bonchev–Trinajstić information content (AvgIpc) is 3.11. The molecular weight excluding hydrogens is 366 g/mol. The van der Waals surface area contributed by atoms with E-state index < -0.39 is 0 Å². The Kier molecular flexibility index (Phi) is 6.32. The van der Waals surface area contributed by atoms with E-state index in [1.807, 2.05) is 36.1 Å². The highest BCUT2D eigenvalue weighted by Gasteiger charge is 2.27. The normalized spacial score (nSPS) is 15.1. The van der Waals surface area contributed by atoms with Crippen LogP contribution >= 0.6 is 23.1 Å². The topological polar surface area (TPSA) is 62.3 Å². The number of aromatic nitrogens is 1. The molecule has 0 saturated carbocycles. The van der Waals surface area contributed by atoms with Gasteiger partial charge in [0.1, 0.15) is 4.34 Å². The van der Waals surface area contributed by atoms with E-state index in [-0.39, 0.29) is 17.7 Å². The number of benzene rings is 1. The van der Waals surface area contributed by atoms with Gasteiger partial charge in [0.15, 0.2) is 0 Å². The van der Waals surface area contributed by atoms with Gasteiger partial charge in [-0.2, -0.15) is 0 Å². The van der Waals surface area contributed by atoms with Crippen molar-refractivity contribution in [3.63, 3.8) is 0 Å². The van der Waals surface area contributed by atoms with Crippen LogP contribution in [0.2, 0.25) is 0 Å². The molecule has 1 aliphatic heterocycles. The standard InChI is InChI=1S/C19H23N3O2S2/c1-13-11-25-19(21-13)26-12-14-3-5-16(6-4-14)18(24)22-9-7-15(8-10-22)17(23)20-2/h3-6,11,15H,7-10,12H2,1-2H3,(H,20,23). The zero-order valence-corrected chi connectivity index (χ0v) is 16.7. The summed E-state index contributed by atoms with van der Waals surface area (Å²) in [5, 5.41) is 4.75. The summed E-state index contributed by atoms with van der Waals surface area (Å²) in [4.78, 5) is 30.6. The molecule has 5 nitrogen and oxygen atoms in total. The fourth-order valence-corrected chi connectivity index (χ4v) is 4.82. The molecule has 2 aromatic rings. The van der Waals surface area contributed by atoms with Crippen LogP contribution in [0.3, 0.4) is 0 Å².